The van der Waals surface area contributed by atoms with Crippen molar-refractivity contribution >= 4 is 34.0 Å². The maximum absolute atomic E-state index is 11.9. The van der Waals surface area contributed by atoms with Gasteiger partial charge in [-0.2, -0.15) is 0 Å². The first-order valence-corrected chi connectivity index (χ1v) is 7.10. The zero-order valence-electron chi connectivity index (χ0n) is 10.9. The highest BCUT2D eigenvalue weighted by molar-refractivity contribution is 7.16. The minimum absolute atomic E-state index is 0. The molecule has 0 bridgehead atoms. The van der Waals surface area contributed by atoms with E-state index in [2.05, 4.69) is 17.4 Å². The van der Waals surface area contributed by atoms with Gasteiger partial charge in [-0.3, -0.25) is 9.36 Å². The van der Waals surface area contributed by atoms with Gasteiger partial charge in [0.25, 0.3) is 0 Å². The van der Waals surface area contributed by atoms with Crippen LogP contribution in [0.1, 0.15) is 5.56 Å². The lowest BCUT2D eigenvalue weighted by Gasteiger charge is -2.03. The molecule has 0 atom stereocenters. The Morgan fingerprint density at radius 2 is 1.70 bits per heavy atom. The molecular formula is C15H16ClN2OS+. The molecule has 0 aliphatic carbocycles. The normalized spacial score (nSPS) is 10.4. The molecule has 0 unspecified atom stereocenters. The lowest BCUT2D eigenvalue weighted by atomic mass is 10.2. The largest absolute Gasteiger partial charge is 0.325 e. The standard InChI is InChI=1S/C15H14N2OS.ClH/c18-15-17(13-8-4-5-9-14(13)19-15)11-16-10-12-6-2-1-3-7-12;/h1-9,16H,10-11H2;1H/p+1. The number of quaternary nitrogens is 1. The molecule has 0 amide bonds. The van der Waals surface area contributed by atoms with Gasteiger partial charge in [0.15, 0.2) is 6.67 Å². The van der Waals surface area contributed by atoms with Crippen molar-refractivity contribution in [1.29, 1.82) is 0 Å². The van der Waals surface area contributed by atoms with Gasteiger partial charge in [0.1, 0.15) is 6.54 Å². The number of para-hydroxylation sites is 1. The van der Waals surface area contributed by atoms with Gasteiger partial charge >= 0.3 is 4.87 Å². The molecule has 20 heavy (non-hydrogen) atoms. The minimum atomic E-state index is 0. The Kier molecular flexibility index (Phi) is 4.95. The second-order valence-corrected chi connectivity index (χ2v) is 5.42. The minimum Gasteiger partial charge on any atom is -0.325 e. The van der Waals surface area contributed by atoms with Gasteiger partial charge in [0, 0.05) is 5.56 Å². The number of nitrogens with zero attached hydrogens (tertiary/aromatic N) is 1. The molecule has 0 saturated heterocycles. The number of aromatic nitrogens is 1. The number of rotatable bonds is 4. The van der Waals surface area contributed by atoms with Crippen LogP contribution in [0.25, 0.3) is 10.2 Å². The summed E-state index contributed by atoms with van der Waals surface area (Å²) in [6.45, 7) is 1.55. The van der Waals surface area contributed by atoms with Crippen molar-refractivity contribution in [2.75, 3.05) is 0 Å². The zero-order valence-corrected chi connectivity index (χ0v) is 12.5. The third kappa shape index (κ3) is 3.10. The molecule has 5 heteroatoms. The third-order valence-corrected chi connectivity index (χ3v) is 4.07. The summed E-state index contributed by atoms with van der Waals surface area (Å²) in [5, 5.41) is 2.15. The summed E-state index contributed by atoms with van der Waals surface area (Å²) < 4.78 is 2.89. The quantitative estimate of drug-likeness (QED) is 0.788. The summed E-state index contributed by atoms with van der Waals surface area (Å²) in [5.41, 5.74) is 2.30. The Labute approximate surface area is 127 Å². The average Bonchev–Trinajstić information content (AvgIpc) is 2.76. The summed E-state index contributed by atoms with van der Waals surface area (Å²) in [5.74, 6) is 0. The summed E-state index contributed by atoms with van der Waals surface area (Å²) >= 11 is 1.31. The second-order valence-electron chi connectivity index (χ2n) is 4.42. The van der Waals surface area contributed by atoms with E-state index in [4.69, 9.17) is 0 Å². The van der Waals surface area contributed by atoms with Gasteiger partial charge in [0.05, 0.1) is 10.2 Å². The molecule has 2 N–H and O–H groups in total. The highest BCUT2D eigenvalue weighted by Crippen LogP contribution is 2.15. The SMILES string of the molecule is Cl.O=c1sc2ccccc2n1C[NH2+]Cc1ccccc1. The number of benzene rings is 2. The van der Waals surface area contributed by atoms with E-state index in [-0.39, 0.29) is 17.3 Å². The van der Waals surface area contributed by atoms with Crippen LogP contribution >= 0.6 is 23.7 Å². The molecule has 0 radical (unpaired) electrons. The van der Waals surface area contributed by atoms with Crippen molar-refractivity contribution < 1.29 is 5.32 Å². The monoisotopic (exact) mass is 307 g/mol. The van der Waals surface area contributed by atoms with E-state index in [0.717, 1.165) is 16.8 Å². The molecule has 3 rings (SSSR count). The number of hydrogen-bond acceptors (Lipinski definition) is 2. The molecule has 1 heterocycles. The topological polar surface area (TPSA) is 38.6 Å². The Balaban J connectivity index is 0.00000147. The van der Waals surface area contributed by atoms with Gasteiger partial charge in [-0.15, -0.1) is 12.4 Å². The van der Waals surface area contributed by atoms with Gasteiger partial charge in [0.2, 0.25) is 0 Å². The van der Waals surface area contributed by atoms with E-state index in [1.807, 2.05) is 47.0 Å². The number of halogens is 1. The first kappa shape index (κ1) is 14.8. The number of thiazole rings is 1. The van der Waals surface area contributed by atoms with Crippen LogP contribution < -0.4 is 10.2 Å². The Morgan fingerprint density at radius 3 is 2.50 bits per heavy atom. The predicted octanol–water partition coefficient (Wildman–Crippen LogP) is 2.21. The first-order valence-electron chi connectivity index (χ1n) is 6.28. The number of fused-ring (bicyclic) bond motifs is 1. The molecule has 2 aromatic carbocycles. The maximum Gasteiger partial charge on any atom is 0.312 e. The van der Waals surface area contributed by atoms with E-state index in [1.54, 1.807) is 0 Å². The smallest absolute Gasteiger partial charge is 0.312 e. The first-order chi connectivity index (χ1) is 9.34. The fourth-order valence-electron chi connectivity index (χ4n) is 2.16. The lowest BCUT2D eigenvalue weighted by Crippen LogP contribution is -2.82. The van der Waals surface area contributed by atoms with Crippen molar-refractivity contribution in [2.24, 2.45) is 0 Å². The van der Waals surface area contributed by atoms with Gasteiger partial charge < -0.3 is 5.32 Å². The highest BCUT2D eigenvalue weighted by Gasteiger charge is 2.07. The van der Waals surface area contributed by atoms with Crippen LogP contribution in [-0.4, -0.2) is 4.57 Å². The van der Waals surface area contributed by atoms with Gasteiger partial charge in [-0.1, -0.05) is 53.8 Å². The second kappa shape index (κ2) is 6.70. The summed E-state index contributed by atoms with van der Waals surface area (Å²) in [6, 6.07) is 18.2. The summed E-state index contributed by atoms with van der Waals surface area (Å²) in [6.07, 6.45) is 0. The average molecular weight is 308 g/mol. The molecule has 0 aliphatic heterocycles. The lowest BCUT2D eigenvalue weighted by molar-refractivity contribution is -0.698. The molecule has 104 valence electrons. The van der Waals surface area contributed by atoms with E-state index in [9.17, 15) is 4.79 Å². The molecule has 0 spiro atoms. The van der Waals surface area contributed by atoms with Crippen molar-refractivity contribution in [1.82, 2.24) is 4.57 Å². The Bertz CT molecular complexity index is 736. The fraction of sp³-hybridized carbons (Fsp3) is 0.133. The van der Waals surface area contributed by atoms with Crippen molar-refractivity contribution in [3.05, 3.63) is 69.8 Å². The van der Waals surface area contributed by atoms with Crippen molar-refractivity contribution in [3.8, 4) is 0 Å². The fourth-order valence-corrected chi connectivity index (χ4v) is 3.06. The number of hydrogen-bond donors (Lipinski definition) is 1. The van der Waals surface area contributed by atoms with Crippen molar-refractivity contribution in [2.45, 2.75) is 13.2 Å². The number of nitrogens with two attached hydrogens (primary N) is 1. The van der Waals surface area contributed by atoms with E-state index >= 15 is 0 Å². The Hall–Kier alpha value is -1.62. The third-order valence-electron chi connectivity index (χ3n) is 3.11. The van der Waals surface area contributed by atoms with E-state index in [1.165, 1.54) is 16.9 Å². The van der Waals surface area contributed by atoms with Crippen molar-refractivity contribution in [3.63, 3.8) is 0 Å². The maximum atomic E-state index is 11.9. The molecular weight excluding hydrogens is 292 g/mol. The predicted molar refractivity (Wildman–Crippen MR) is 85.4 cm³/mol. The highest BCUT2D eigenvalue weighted by atomic mass is 35.5. The summed E-state index contributed by atoms with van der Waals surface area (Å²) in [4.78, 5) is 12.1. The Morgan fingerprint density at radius 1 is 1.00 bits per heavy atom. The summed E-state index contributed by atoms with van der Waals surface area (Å²) in [7, 11) is 0. The van der Waals surface area contributed by atoms with Crippen LogP contribution in [0.5, 0.6) is 0 Å². The molecule has 3 nitrogen and oxygen atoms in total. The molecule has 3 aromatic rings. The van der Waals surface area contributed by atoms with Crippen LogP contribution in [0.4, 0.5) is 0 Å². The van der Waals surface area contributed by atoms with Crippen LogP contribution in [0.15, 0.2) is 59.4 Å². The van der Waals surface area contributed by atoms with Crippen LogP contribution in [0.3, 0.4) is 0 Å². The zero-order chi connectivity index (χ0) is 13.1. The van der Waals surface area contributed by atoms with E-state index < -0.39 is 0 Å². The van der Waals surface area contributed by atoms with Gasteiger partial charge in [-0.05, 0) is 12.1 Å². The van der Waals surface area contributed by atoms with Crippen LogP contribution in [-0.2, 0) is 13.2 Å². The molecule has 0 fully saturated rings. The molecule has 0 aliphatic rings. The van der Waals surface area contributed by atoms with Crippen LogP contribution in [0, 0.1) is 0 Å². The van der Waals surface area contributed by atoms with Crippen LogP contribution in [0.2, 0.25) is 0 Å². The molecule has 1 aromatic heterocycles. The van der Waals surface area contributed by atoms with E-state index in [0.29, 0.717) is 6.67 Å². The van der Waals surface area contributed by atoms with Gasteiger partial charge in [-0.25, -0.2) is 0 Å². The molecule has 0 saturated carbocycles.